The molecule has 1 fully saturated rings. The quantitative estimate of drug-likeness (QED) is 0.423. The number of rotatable bonds is 5. The zero-order valence-electron chi connectivity index (χ0n) is 24.8. The van der Waals surface area contributed by atoms with Gasteiger partial charge in [0.1, 0.15) is 29.2 Å². The van der Waals surface area contributed by atoms with Crippen LogP contribution in [0.3, 0.4) is 0 Å². The Kier molecular flexibility index (Phi) is 9.96. The fourth-order valence-electron chi connectivity index (χ4n) is 5.48. The number of carbonyl (C=O) groups is 3. The van der Waals surface area contributed by atoms with Gasteiger partial charge in [0, 0.05) is 43.2 Å². The fourth-order valence-corrected chi connectivity index (χ4v) is 5.48. The number of methoxy groups -OCH3 is 2. The summed E-state index contributed by atoms with van der Waals surface area (Å²) >= 11 is 0. The number of amides is 2. The highest BCUT2D eigenvalue weighted by atomic mass is 19.1. The monoisotopic (exact) mass is 605 g/mol. The molecule has 1 saturated heterocycles. The first-order valence-electron chi connectivity index (χ1n) is 14.6. The van der Waals surface area contributed by atoms with E-state index in [2.05, 4.69) is 15.5 Å². The lowest BCUT2D eigenvalue weighted by atomic mass is 9.99. The molecular weight excluding hydrogens is 569 g/mol. The van der Waals surface area contributed by atoms with Crippen LogP contribution in [0.15, 0.2) is 60.7 Å². The maximum Gasteiger partial charge on any atom is 0.305 e. The Bertz CT molecular complexity index is 1510. The van der Waals surface area contributed by atoms with Crippen LogP contribution in [0.1, 0.15) is 35.2 Å². The van der Waals surface area contributed by atoms with E-state index in [0.29, 0.717) is 72.8 Å². The van der Waals surface area contributed by atoms with Gasteiger partial charge in [-0.15, -0.1) is 0 Å². The average Bonchev–Trinajstić information content (AvgIpc) is 3.03. The zero-order chi connectivity index (χ0) is 31.1. The number of ether oxygens (including phenoxy) is 4. The number of hydrogen-bond donors (Lipinski definition) is 2. The molecule has 0 unspecified atom stereocenters. The van der Waals surface area contributed by atoms with Crippen LogP contribution in [0.25, 0.3) is 11.1 Å². The molecule has 2 atom stereocenters. The largest absolute Gasteiger partial charge is 0.496 e. The van der Waals surface area contributed by atoms with Crippen LogP contribution in [-0.2, 0) is 20.9 Å². The maximum atomic E-state index is 14.6. The predicted molar refractivity (Wildman–Crippen MR) is 160 cm³/mol. The molecule has 2 aliphatic rings. The first kappa shape index (κ1) is 30.8. The van der Waals surface area contributed by atoms with Crippen LogP contribution in [0.5, 0.6) is 17.2 Å². The number of nitrogens with zero attached hydrogens (tertiary/aromatic N) is 1. The third-order valence-electron chi connectivity index (χ3n) is 7.72. The maximum absolute atomic E-state index is 14.6. The number of likely N-dealkylation sites (tertiary alicyclic amines) is 1. The molecule has 2 aliphatic heterocycles. The van der Waals surface area contributed by atoms with Crippen LogP contribution in [0.4, 0.5) is 4.39 Å². The van der Waals surface area contributed by atoms with E-state index in [1.54, 1.807) is 49.6 Å². The highest BCUT2D eigenvalue weighted by molar-refractivity contribution is 5.96. The van der Waals surface area contributed by atoms with Crippen molar-refractivity contribution >= 4 is 17.8 Å². The van der Waals surface area contributed by atoms with Gasteiger partial charge in [0.05, 0.1) is 20.3 Å². The van der Waals surface area contributed by atoms with E-state index >= 15 is 0 Å². The molecule has 2 N–H and O–H groups in total. The second-order valence-electron chi connectivity index (χ2n) is 10.8. The Morgan fingerprint density at radius 3 is 2.73 bits per heavy atom. The zero-order valence-corrected chi connectivity index (χ0v) is 24.8. The van der Waals surface area contributed by atoms with Gasteiger partial charge in [0.15, 0.2) is 6.61 Å². The van der Waals surface area contributed by atoms with Crippen molar-refractivity contribution in [2.24, 2.45) is 0 Å². The van der Waals surface area contributed by atoms with Gasteiger partial charge >= 0.3 is 5.97 Å². The molecule has 11 heteroatoms. The standard InChI is InChI=1S/C33H36FN3O7/c1-41-29-9-8-23-16-27(29)22-5-3-6-25(15-22)43-20-31(38)35-18-21-13-24(34)17-26(14-21)44-30-10-12-37(11-4-7-32(39)42-2)19-28(30)36-33(23)40/h3,5-6,8-9,13-17,28,30H,4,7,10-12,18-20H2,1-2H3,(H,35,38)(H,36,40)/t28-,30-/m1/s1. The van der Waals surface area contributed by atoms with Crippen LogP contribution in [0.2, 0.25) is 0 Å². The molecule has 0 saturated carbocycles. The number of esters is 1. The molecule has 6 bridgehead atoms. The van der Waals surface area contributed by atoms with E-state index < -0.39 is 18.0 Å². The lowest BCUT2D eigenvalue weighted by Crippen LogP contribution is -2.57. The Labute approximate surface area is 255 Å². The number of nitrogens with one attached hydrogen (secondary N) is 2. The number of halogens is 1. The summed E-state index contributed by atoms with van der Waals surface area (Å²) in [5.41, 5.74) is 2.37. The summed E-state index contributed by atoms with van der Waals surface area (Å²) in [6.45, 7) is 1.63. The first-order valence-corrected chi connectivity index (χ1v) is 14.6. The summed E-state index contributed by atoms with van der Waals surface area (Å²) < 4.78 is 37.0. The molecular formula is C33H36FN3O7. The van der Waals surface area contributed by atoms with Gasteiger partial charge in [0.25, 0.3) is 11.8 Å². The van der Waals surface area contributed by atoms with E-state index in [9.17, 15) is 18.8 Å². The predicted octanol–water partition coefficient (Wildman–Crippen LogP) is 3.71. The van der Waals surface area contributed by atoms with E-state index in [0.717, 1.165) is 5.56 Å². The van der Waals surface area contributed by atoms with E-state index in [-0.39, 0.29) is 30.9 Å². The summed E-state index contributed by atoms with van der Waals surface area (Å²) in [6, 6.07) is 16.2. The van der Waals surface area contributed by atoms with Gasteiger partial charge < -0.3 is 34.5 Å². The fraction of sp³-hybridized carbons (Fsp3) is 0.364. The highest BCUT2D eigenvalue weighted by Crippen LogP contribution is 2.33. The minimum absolute atomic E-state index is 0.0815. The number of carbonyl (C=O) groups excluding carboxylic acids is 3. The molecule has 44 heavy (non-hydrogen) atoms. The Balaban J connectivity index is 1.47. The number of piperidine rings is 1. The van der Waals surface area contributed by atoms with Crippen LogP contribution < -0.4 is 24.8 Å². The molecule has 0 spiro atoms. The minimum atomic E-state index is -0.503. The molecule has 3 aromatic carbocycles. The van der Waals surface area contributed by atoms with Gasteiger partial charge in [0.2, 0.25) is 0 Å². The molecule has 0 aliphatic carbocycles. The molecule has 10 nitrogen and oxygen atoms in total. The smallest absolute Gasteiger partial charge is 0.305 e. The second kappa shape index (κ2) is 14.2. The lowest BCUT2D eigenvalue weighted by molar-refractivity contribution is -0.140. The van der Waals surface area contributed by atoms with Crippen LogP contribution >= 0.6 is 0 Å². The van der Waals surface area contributed by atoms with Crippen molar-refractivity contribution in [1.29, 1.82) is 0 Å². The van der Waals surface area contributed by atoms with Crippen molar-refractivity contribution in [2.45, 2.75) is 38.0 Å². The average molecular weight is 606 g/mol. The summed E-state index contributed by atoms with van der Waals surface area (Å²) in [5.74, 6) is -0.107. The normalized spacial score (nSPS) is 19.0. The summed E-state index contributed by atoms with van der Waals surface area (Å²) in [6.07, 6.45) is 1.02. The Morgan fingerprint density at radius 2 is 1.91 bits per heavy atom. The van der Waals surface area contributed by atoms with Gasteiger partial charge in [-0.05, 0) is 73.0 Å². The summed E-state index contributed by atoms with van der Waals surface area (Å²) in [5, 5.41) is 5.90. The Morgan fingerprint density at radius 1 is 1.05 bits per heavy atom. The van der Waals surface area contributed by atoms with Gasteiger partial charge in [-0.25, -0.2) is 4.39 Å². The lowest BCUT2D eigenvalue weighted by Gasteiger charge is -2.39. The molecule has 2 amide bonds. The minimum Gasteiger partial charge on any atom is -0.496 e. The van der Waals surface area contributed by atoms with Gasteiger partial charge in [-0.1, -0.05) is 12.1 Å². The van der Waals surface area contributed by atoms with Crippen molar-refractivity contribution in [2.75, 3.05) is 40.5 Å². The number of fused-ring (bicyclic) bond motifs is 8. The van der Waals surface area contributed by atoms with Crippen molar-refractivity contribution < 1.29 is 37.7 Å². The SMILES string of the molecule is COC(=O)CCCN1CC[C@H]2Oc3cc(F)cc(c3)CNC(=O)COc3cccc(c3)-c3cc(ccc3OC)C(=O)N[C@@H]2C1. The van der Waals surface area contributed by atoms with Crippen LogP contribution in [-0.4, -0.2) is 75.3 Å². The van der Waals surface area contributed by atoms with E-state index in [1.807, 2.05) is 6.07 Å². The molecule has 0 radical (unpaired) electrons. The topological polar surface area (TPSA) is 115 Å². The van der Waals surface area contributed by atoms with Crippen molar-refractivity contribution in [3.05, 3.63) is 77.6 Å². The van der Waals surface area contributed by atoms with E-state index in [4.69, 9.17) is 18.9 Å². The second-order valence-corrected chi connectivity index (χ2v) is 10.8. The van der Waals surface area contributed by atoms with Gasteiger partial charge in [-0.3, -0.25) is 14.4 Å². The van der Waals surface area contributed by atoms with Crippen molar-refractivity contribution in [3.63, 3.8) is 0 Å². The van der Waals surface area contributed by atoms with E-state index in [1.165, 1.54) is 19.2 Å². The summed E-state index contributed by atoms with van der Waals surface area (Å²) in [4.78, 5) is 40.1. The van der Waals surface area contributed by atoms with Gasteiger partial charge in [-0.2, -0.15) is 0 Å². The molecule has 0 aromatic heterocycles. The van der Waals surface area contributed by atoms with Crippen molar-refractivity contribution in [3.8, 4) is 28.4 Å². The number of benzene rings is 3. The highest BCUT2D eigenvalue weighted by Gasteiger charge is 2.32. The first-order chi connectivity index (χ1) is 21.3. The Hall–Kier alpha value is -4.64. The molecule has 2 heterocycles. The third-order valence-corrected chi connectivity index (χ3v) is 7.72. The molecule has 3 aromatic rings. The van der Waals surface area contributed by atoms with Crippen molar-refractivity contribution in [1.82, 2.24) is 15.5 Å². The third kappa shape index (κ3) is 7.84. The molecule has 5 rings (SSSR count). The van der Waals surface area contributed by atoms with Crippen LogP contribution in [0, 0.1) is 5.82 Å². The summed E-state index contributed by atoms with van der Waals surface area (Å²) in [7, 11) is 2.92. The number of hydrogen-bond acceptors (Lipinski definition) is 8. The molecule has 232 valence electrons.